The molecule has 1 N–H and O–H groups in total. The van der Waals surface area contributed by atoms with Crippen LogP contribution in [0.25, 0.3) is 11.1 Å². The van der Waals surface area contributed by atoms with Crippen LogP contribution >= 0.6 is 23.2 Å². The van der Waals surface area contributed by atoms with Crippen molar-refractivity contribution in [1.29, 1.82) is 5.26 Å². The number of hydrogen-bond acceptors (Lipinski definition) is 4. The molecule has 0 aliphatic heterocycles. The fourth-order valence-electron chi connectivity index (χ4n) is 2.54. The van der Waals surface area contributed by atoms with E-state index in [1.165, 1.54) is 18.3 Å². The van der Waals surface area contributed by atoms with E-state index in [9.17, 15) is 18.7 Å². The van der Waals surface area contributed by atoms with Crippen molar-refractivity contribution in [2.45, 2.75) is 23.5 Å². The number of alkyl halides is 4. The number of aliphatic hydroxyl groups excluding tert-OH is 1. The van der Waals surface area contributed by atoms with Gasteiger partial charge in [-0.2, -0.15) is 5.26 Å². The van der Waals surface area contributed by atoms with Gasteiger partial charge in [0, 0.05) is 24.1 Å². The Bertz CT molecular complexity index is 808. The fourth-order valence-corrected chi connectivity index (χ4v) is 2.71. The average Bonchev–Trinajstić information content (AvgIpc) is 2.70. The van der Waals surface area contributed by atoms with Gasteiger partial charge in [-0.1, -0.05) is 53.5 Å². The van der Waals surface area contributed by atoms with Crippen molar-refractivity contribution in [3.05, 3.63) is 53.9 Å². The van der Waals surface area contributed by atoms with Crippen LogP contribution in [0, 0.1) is 17.2 Å². The lowest BCUT2D eigenvalue weighted by atomic mass is 9.91. The van der Waals surface area contributed by atoms with Crippen LogP contribution < -0.4 is 0 Å². The van der Waals surface area contributed by atoms with Crippen molar-refractivity contribution in [2.75, 3.05) is 6.67 Å². The minimum absolute atomic E-state index is 0.0284. The quantitative estimate of drug-likeness (QED) is 0.639. The Balaban J connectivity index is 2.14. The van der Waals surface area contributed by atoms with Gasteiger partial charge in [-0.05, 0) is 17.2 Å². The number of hydrogen-bond donors (Lipinski definition) is 1. The molecule has 0 saturated heterocycles. The highest BCUT2D eigenvalue weighted by molar-refractivity contribution is 6.53. The molecule has 3 atom stereocenters. The molecule has 0 spiro atoms. The highest BCUT2D eigenvalue weighted by Crippen LogP contribution is 2.29. The molecule has 2 rings (SSSR count). The maximum atomic E-state index is 13.3. The largest absolute Gasteiger partial charge is 0.388 e. The van der Waals surface area contributed by atoms with Crippen LogP contribution in [0.1, 0.15) is 30.0 Å². The van der Waals surface area contributed by atoms with Crippen molar-refractivity contribution >= 4 is 29.0 Å². The molecule has 0 aliphatic carbocycles. The fraction of sp³-hybridized carbons (Fsp3) is 0.316. The zero-order valence-corrected chi connectivity index (χ0v) is 15.5. The smallest absolute Gasteiger partial charge is 0.227 e. The molecule has 0 amide bonds. The highest BCUT2D eigenvalue weighted by atomic mass is 35.5. The second-order valence-electron chi connectivity index (χ2n) is 5.92. The Hall–Kier alpha value is -2.07. The molecule has 0 saturated carbocycles. The predicted molar refractivity (Wildman–Crippen MR) is 98.7 cm³/mol. The third-order valence-electron chi connectivity index (χ3n) is 4.10. The molecule has 0 bridgehead atoms. The van der Waals surface area contributed by atoms with Crippen LogP contribution in [0.4, 0.5) is 8.78 Å². The topological polar surface area (TPSA) is 74.0 Å². The van der Waals surface area contributed by atoms with Gasteiger partial charge in [0.15, 0.2) is 10.6 Å². The average molecular weight is 413 g/mol. The van der Waals surface area contributed by atoms with Gasteiger partial charge in [-0.15, -0.1) is 0 Å². The van der Waals surface area contributed by atoms with E-state index in [0.717, 1.165) is 5.56 Å². The zero-order chi connectivity index (χ0) is 20.0. The van der Waals surface area contributed by atoms with Gasteiger partial charge >= 0.3 is 0 Å². The lowest BCUT2D eigenvalue weighted by molar-refractivity contribution is -0.119. The third-order valence-corrected chi connectivity index (χ3v) is 4.58. The van der Waals surface area contributed by atoms with E-state index in [2.05, 4.69) is 4.98 Å². The molecule has 27 heavy (non-hydrogen) atoms. The van der Waals surface area contributed by atoms with Crippen molar-refractivity contribution in [3.8, 4) is 17.2 Å². The minimum atomic E-state index is -1.78. The second kappa shape index (κ2) is 9.75. The van der Waals surface area contributed by atoms with E-state index in [0.29, 0.717) is 11.1 Å². The predicted octanol–water partition coefficient (Wildman–Crippen LogP) is 4.66. The van der Waals surface area contributed by atoms with E-state index < -0.39 is 35.5 Å². The van der Waals surface area contributed by atoms with E-state index in [-0.39, 0.29) is 12.1 Å². The number of nitrogens with zero attached hydrogens (tertiary/aromatic N) is 2. The maximum Gasteiger partial charge on any atom is 0.227 e. The Morgan fingerprint density at radius 1 is 1.19 bits per heavy atom. The van der Waals surface area contributed by atoms with Crippen LogP contribution in [-0.2, 0) is 4.79 Å². The summed E-state index contributed by atoms with van der Waals surface area (Å²) in [6.45, 7) is -0.899. The summed E-state index contributed by atoms with van der Waals surface area (Å²) in [7, 11) is 0. The van der Waals surface area contributed by atoms with Crippen LogP contribution in [0.2, 0.25) is 0 Å². The number of Topliss-reactive ketones (excluding diaryl/α,β-unsaturated/α-hetero) is 1. The molecule has 4 nitrogen and oxygen atoms in total. The van der Waals surface area contributed by atoms with Crippen LogP contribution in [0.5, 0.6) is 0 Å². The lowest BCUT2D eigenvalue weighted by Gasteiger charge is -2.20. The summed E-state index contributed by atoms with van der Waals surface area (Å²) in [6, 6.07) is 11.1. The maximum absolute atomic E-state index is 13.3. The number of pyridine rings is 1. The van der Waals surface area contributed by atoms with Crippen molar-refractivity contribution < 1.29 is 18.7 Å². The zero-order valence-electron chi connectivity index (χ0n) is 14.0. The summed E-state index contributed by atoms with van der Waals surface area (Å²) in [4.78, 5) is 14.2. The number of benzene rings is 1. The van der Waals surface area contributed by atoms with Crippen LogP contribution in [0.3, 0.4) is 0 Å². The summed E-state index contributed by atoms with van der Waals surface area (Å²) < 4.78 is 26.5. The normalized spacial score (nSPS) is 14.4. The SMILES string of the molecule is N#CC(F)c1ccc(-c2ccc([C@@H](O)[C@@H](CF)CC(=O)C(Cl)Cl)cc2)cn1. The Kier molecular flexibility index (Phi) is 7.66. The molecule has 1 heterocycles. The summed E-state index contributed by atoms with van der Waals surface area (Å²) >= 11 is 10.9. The van der Waals surface area contributed by atoms with Crippen molar-refractivity contribution in [3.63, 3.8) is 0 Å². The molecule has 0 aliphatic rings. The molecule has 142 valence electrons. The molecule has 1 aromatic carbocycles. The summed E-state index contributed by atoms with van der Waals surface area (Å²) in [5.41, 5.74) is 1.90. The Labute approximate surface area is 165 Å². The van der Waals surface area contributed by atoms with Gasteiger partial charge in [0.1, 0.15) is 6.07 Å². The first kappa shape index (κ1) is 21.2. The van der Waals surface area contributed by atoms with E-state index in [4.69, 9.17) is 28.5 Å². The van der Waals surface area contributed by atoms with Crippen molar-refractivity contribution in [2.24, 2.45) is 5.92 Å². The van der Waals surface area contributed by atoms with Gasteiger partial charge in [0.2, 0.25) is 6.17 Å². The molecule has 1 aromatic heterocycles. The number of carbonyl (C=O) groups is 1. The van der Waals surface area contributed by atoms with E-state index >= 15 is 0 Å². The standard InChI is InChI=1S/C19H16Cl2F2N2O2/c20-19(21)17(26)7-14(8-22)18(27)12-3-1-11(2-4-12)13-5-6-16(25-10-13)15(23)9-24/h1-6,10,14-15,18-19,27H,7-8H2/t14-,15?,18-/m1/s1. The molecular weight excluding hydrogens is 397 g/mol. The molecule has 0 radical (unpaired) electrons. The minimum Gasteiger partial charge on any atom is -0.388 e. The number of nitriles is 1. The monoisotopic (exact) mass is 412 g/mol. The number of carbonyl (C=O) groups excluding carboxylic acids is 1. The Morgan fingerprint density at radius 3 is 2.30 bits per heavy atom. The summed E-state index contributed by atoms with van der Waals surface area (Å²) in [5, 5.41) is 18.9. The van der Waals surface area contributed by atoms with Gasteiger partial charge < -0.3 is 5.11 Å². The summed E-state index contributed by atoms with van der Waals surface area (Å²) in [5.74, 6) is -1.50. The first-order chi connectivity index (χ1) is 12.9. The second-order valence-corrected chi connectivity index (χ2v) is 7.01. The number of ketones is 1. The number of aliphatic hydroxyl groups is 1. The van der Waals surface area contributed by atoms with Crippen LogP contribution in [-0.4, -0.2) is 27.4 Å². The van der Waals surface area contributed by atoms with Gasteiger partial charge in [-0.3, -0.25) is 14.2 Å². The van der Waals surface area contributed by atoms with Gasteiger partial charge in [0.05, 0.1) is 18.5 Å². The first-order valence-electron chi connectivity index (χ1n) is 8.02. The molecule has 8 heteroatoms. The van der Waals surface area contributed by atoms with E-state index in [1.807, 2.05) is 0 Å². The van der Waals surface area contributed by atoms with Crippen LogP contribution in [0.15, 0.2) is 42.6 Å². The molecule has 0 fully saturated rings. The molecule has 2 aromatic rings. The third kappa shape index (κ3) is 5.46. The van der Waals surface area contributed by atoms with E-state index in [1.54, 1.807) is 30.3 Å². The number of aromatic nitrogens is 1. The van der Waals surface area contributed by atoms with Crippen molar-refractivity contribution in [1.82, 2.24) is 4.98 Å². The number of halogens is 4. The number of rotatable bonds is 8. The Morgan fingerprint density at radius 2 is 1.81 bits per heavy atom. The molecule has 1 unspecified atom stereocenters. The van der Waals surface area contributed by atoms with Gasteiger partial charge in [0.25, 0.3) is 0 Å². The first-order valence-corrected chi connectivity index (χ1v) is 8.89. The highest BCUT2D eigenvalue weighted by Gasteiger charge is 2.26. The van der Waals surface area contributed by atoms with Gasteiger partial charge in [-0.25, -0.2) is 4.39 Å². The molecular formula is C19H16Cl2F2N2O2. The summed E-state index contributed by atoms with van der Waals surface area (Å²) in [6.07, 6.45) is -1.80. The lowest BCUT2D eigenvalue weighted by Crippen LogP contribution is -2.21.